The van der Waals surface area contributed by atoms with Crippen molar-refractivity contribution in [3.8, 4) is 0 Å². The topological polar surface area (TPSA) is 46.2 Å². The zero-order chi connectivity index (χ0) is 6.08. The average Bonchev–Trinajstić information content (AvgIpc) is 1.31. The van der Waals surface area contributed by atoms with Gasteiger partial charge in [0, 0.05) is 0 Å². The number of rotatable bonds is 1. The number of aliphatic hydroxyl groups is 1. The molecule has 5 heteroatoms. The lowest BCUT2D eigenvalue weighted by atomic mass is 10.1. The first-order chi connectivity index (χ1) is 2.94. The maximum absolute atomic E-state index is 8.50. The third-order valence-electron chi connectivity index (χ3n) is 0.551. The lowest BCUT2D eigenvalue weighted by Crippen LogP contribution is -2.39. The first kappa shape index (κ1) is 16.2. The van der Waals surface area contributed by atoms with Gasteiger partial charge >= 0.3 is 0 Å². The highest BCUT2D eigenvalue weighted by atomic mass is 35.5. The van der Waals surface area contributed by atoms with E-state index in [4.69, 9.17) is 10.8 Å². The second kappa shape index (κ2) is 5.23. The molecule has 0 rings (SSSR count). The van der Waals surface area contributed by atoms with Crippen LogP contribution in [0, 0.1) is 0 Å². The van der Waals surface area contributed by atoms with Gasteiger partial charge < -0.3 is 10.8 Å². The van der Waals surface area contributed by atoms with Crippen molar-refractivity contribution < 1.29 is 5.11 Å². The fourth-order valence-electron chi connectivity index (χ4n) is 0. The molecule has 0 saturated heterocycles. The Morgan fingerprint density at radius 1 is 1.44 bits per heavy atom. The van der Waals surface area contributed by atoms with E-state index in [0.717, 1.165) is 0 Å². The van der Waals surface area contributed by atoms with Crippen molar-refractivity contribution in [2.75, 3.05) is 0 Å². The van der Waals surface area contributed by atoms with Gasteiger partial charge in [-0.15, -0.1) is 24.8 Å². The molecule has 0 aromatic heterocycles. The third-order valence-corrected chi connectivity index (χ3v) is 1.08. The van der Waals surface area contributed by atoms with Crippen LogP contribution >= 0.6 is 37.0 Å². The van der Waals surface area contributed by atoms with Gasteiger partial charge in [0.1, 0.15) is 0 Å². The van der Waals surface area contributed by atoms with Crippen molar-refractivity contribution in [3.05, 3.63) is 0 Å². The molecule has 0 unspecified atom stereocenters. The van der Waals surface area contributed by atoms with Crippen molar-refractivity contribution in [3.63, 3.8) is 0 Å². The molecule has 3 N–H and O–H groups in total. The van der Waals surface area contributed by atoms with Gasteiger partial charge in [-0.1, -0.05) is 0 Å². The van der Waals surface area contributed by atoms with Gasteiger partial charge in [0.15, 0.2) is 5.05 Å². The average molecular weight is 192 g/mol. The van der Waals surface area contributed by atoms with Crippen molar-refractivity contribution in [1.82, 2.24) is 0 Å². The molecule has 0 saturated carbocycles. The van der Waals surface area contributed by atoms with Crippen LogP contribution in [0.3, 0.4) is 0 Å². The number of nitrogens with two attached hydrogens (primary N) is 1. The van der Waals surface area contributed by atoms with Crippen LogP contribution in [0.25, 0.3) is 0 Å². The molecule has 0 fully saturated rings. The molecule has 0 heterocycles. The highest BCUT2D eigenvalue weighted by molar-refractivity contribution is 7.80. The Kier molecular flexibility index (Phi) is 9.43. The van der Waals surface area contributed by atoms with E-state index in [2.05, 4.69) is 12.2 Å². The minimum atomic E-state index is -0.713. The number of thiocarbonyl (C=S) groups is 1. The van der Waals surface area contributed by atoms with Gasteiger partial charge in [0.2, 0.25) is 0 Å². The largest absolute Gasteiger partial charge is 0.501 e. The summed E-state index contributed by atoms with van der Waals surface area (Å²) in [5.41, 5.74) is 4.57. The summed E-state index contributed by atoms with van der Waals surface area (Å²) in [5, 5.41) is 8.35. The molecular weight excluding hydrogens is 181 g/mol. The molecular formula is C4H11Cl2NOS. The van der Waals surface area contributed by atoms with Crippen LogP contribution in [0.5, 0.6) is 0 Å². The van der Waals surface area contributed by atoms with Crippen molar-refractivity contribution >= 4 is 42.1 Å². The monoisotopic (exact) mass is 191 g/mol. The zero-order valence-corrected chi connectivity index (χ0v) is 7.70. The van der Waals surface area contributed by atoms with E-state index in [1.807, 2.05) is 0 Å². The maximum atomic E-state index is 8.50. The highest BCUT2D eigenvalue weighted by Crippen LogP contribution is 1.95. The molecule has 0 bridgehead atoms. The summed E-state index contributed by atoms with van der Waals surface area (Å²) in [4.78, 5) is 0. The number of hydrogen-bond donors (Lipinski definition) is 2. The van der Waals surface area contributed by atoms with Crippen molar-refractivity contribution in [2.24, 2.45) is 5.73 Å². The van der Waals surface area contributed by atoms with E-state index >= 15 is 0 Å². The maximum Gasteiger partial charge on any atom is 0.176 e. The standard InChI is InChI=1S/C4H9NOS.2ClH/c1-4(2,5)3(6)7;;/h5H2,1-2H3,(H,6,7);2*1H. The third kappa shape index (κ3) is 8.43. The Morgan fingerprint density at radius 3 is 1.56 bits per heavy atom. The normalized spacial score (nSPS) is 8.78. The predicted octanol–water partition coefficient (Wildman–Crippen LogP) is 1.45. The van der Waals surface area contributed by atoms with Gasteiger partial charge in [0.05, 0.1) is 5.54 Å². The molecule has 0 radical (unpaired) electrons. The quantitative estimate of drug-likeness (QED) is 0.618. The molecule has 58 valence electrons. The summed E-state index contributed by atoms with van der Waals surface area (Å²) < 4.78 is 0. The fourth-order valence-corrected chi connectivity index (χ4v) is 0. The molecule has 0 amide bonds. The smallest absolute Gasteiger partial charge is 0.176 e. The van der Waals surface area contributed by atoms with Crippen LogP contribution in [-0.2, 0) is 0 Å². The second-order valence-corrected chi connectivity index (χ2v) is 2.41. The zero-order valence-electron chi connectivity index (χ0n) is 5.25. The van der Waals surface area contributed by atoms with Crippen LogP contribution in [0.4, 0.5) is 0 Å². The van der Waals surface area contributed by atoms with Crippen LogP contribution in [0.2, 0.25) is 0 Å². The summed E-state index contributed by atoms with van der Waals surface area (Å²) >= 11 is 4.36. The molecule has 0 spiro atoms. The summed E-state index contributed by atoms with van der Waals surface area (Å²) in [6.07, 6.45) is 0. The SMILES string of the molecule is CC(C)(N)C(O)=S.Cl.Cl. The van der Waals surface area contributed by atoms with E-state index in [-0.39, 0.29) is 29.9 Å². The second-order valence-electron chi connectivity index (χ2n) is 2.03. The molecule has 0 aliphatic carbocycles. The Morgan fingerprint density at radius 2 is 1.56 bits per heavy atom. The number of halogens is 2. The van der Waals surface area contributed by atoms with E-state index < -0.39 is 5.54 Å². The van der Waals surface area contributed by atoms with Gasteiger partial charge in [-0.2, -0.15) is 0 Å². The lowest BCUT2D eigenvalue weighted by Gasteiger charge is -2.12. The summed E-state index contributed by atoms with van der Waals surface area (Å²) in [6, 6.07) is 0. The van der Waals surface area contributed by atoms with Crippen LogP contribution < -0.4 is 5.73 Å². The van der Waals surface area contributed by atoms with Gasteiger partial charge in [-0.05, 0) is 26.1 Å². The van der Waals surface area contributed by atoms with Gasteiger partial charge in [-0.3, -0.25) is 0 Å². The molecule has 0 aliphatic heterocycles. The highest BCUT2D eigenvalue weighted by Gasteiger charge is 2.14. The molecule has 2 nitrogen and oxygen atoms in total. The summed E-state index contributed by atoms with van der Waals surface area (Å²) in [6.45, 7) is 3.30. The van der Waals surface area contributed by atoms with E-state index in [9.17, 15) is 0 Å². The van der Waals surface area contributed by atoms with Gasteiger partial charge in [0.25, 0.3) is 0 Å². The Hall–Kier alpha value is 0.430. The predicted molar refractivity (Wildman–Crippen MR) is 48.0 cm³/mol. The molecule has 0 aliphatic rings. The van der Waals surface area contributed by atoms with Crippen LogP contribution in [0.1, 0.15) is 13.8 Å². The molecule has 0 aromatic carbocycles. The van der Waals surface area contributed by atoms with E-state index in [0.29, 0.717) is 0 Å². The van der Waals surface area contributed by atoms with Crippen LogP contribution in [-0.4, -0.2) is 15.7 Å². The number of aliphatic hydroxyl groups excluding tert-OH is 1. The Labute approximate surface area is 72.6 Å². The summed E-state index contributed by atoms with van der Waals surface area (Å²) in [5.74, 6) is 0. The van der Waals surface area contributed by atoms with Crippen molar-refractivity contribution in [1.29, 1.82) is 0 Å². The molecule has 9 heavy (non-hydrogen) atoms. The Bertz CT molecular complexity index is 91.1. The lowest BCUT2D eigenvalue weighted by molar-refractivity contribution is 0.489. The minimum absolute atomic E-state index is 0. The minimum Gasteiger partial charge on any atom is -0.501 e. The first-order valence-corrected chi connectivity index (χ1v) is 2.37. The van der Waals surface area contributed by atoms with Crippen LogP contribution in [0.15, 0.2) is 0 Å². The number of hydrogen-bond acceptors (Lipinski definition) is 2. The molecule has 0 atom stereocenters. The Balaban J connectivity index is -0.000000180. The summed E-state index contributed by atoms with van der Waals surface area (Å²) in [7, 11) is 0. The first-order valence-electron chi connectivity index (χ1n) is 1.97. The van der Waals surface area contributed by atoms with Gasteiger partial charge in [-0.25, -0.2) is 0 Å². The molecule has 0 aromatic rings. The van der Waals surface area contributed by atoms with E-state index in [1.165, 1.54) is 0 Å². The van der Waals surface area contributed by atoms with Crippen molar-refractivity contribution in [2.45, 2.75) is 19.4 Å². The fraction of sp³-hybridized carbons (Fsp3) is 0.750. The van der Waals surface area contributed by atoms with E-state index in [1.54, 1.807) is 13.8 Å².